The second-order valence-electron chi connectivity index (χ2n) is 7.20. The third-order valence-electron chi connectivity index (χ3n) is 6.11. The maximum absolute atomic E-state index is 11.2. The van der Waals surface area contributed by atoms with Crippen molar-refractivity contribution in [1.29, 1.82) is 0 Å². The SMILES string of the molecule is CC1(C)C2CCC1(C)C(Oc1cc(Br)cc(C(=O)O)c1)C2. The number of hydrogen-bond acceptors (Lipinski definition) is 2. The van der Waals surface area contributed by atoms with Crippen LogP contribution in [0.2, 0.25) is 0 Å². The standard InChI is InChI=1S/C17H21BrO3/c1-16(2)11-4-5-17(16,3)14(8-11)21-13-7-10(15(19)20)6-12(18)9-13/h6-7,9,11,14H,4-5,8H2,1-3H3,(H,19,20). The number of hydrogen-bond donors (Lipinski definition) is 1. The van der Waals surface area contributed by atoms with Gasteiger partial charge in [0, 0.05) is 9.89 Å². The number of carbonyl (C=O) groups is 1. The second-order valence-corrected chi connectivity index (χ2v) is 8.11. The number of benzene rings is 1. The summed E-state index contributed by atoms with van der Waals surface area (Å²) in [6.07, 6.45) is 3.71. The van der Waals surface area contributed by atoms with E-state index in [2.05, 4.69) is 36.7 Å². The summed E-state index contributed by atoms with van der Waals surface area (Å²) >= 11 is 3.36. The highest BCUT2D eigenvalue weighted by Gasteiger charge is 2.62. The van der Waals surface area contributed by atoms with E-state index in [1.807, 2.05) is 6.07 Å². The van der Waals surface area contributed by atoms with E-state index >= 15 is 0 Å². The van der Waals surface area contributed by atoms with Crippen LogP contribution in [0.4, 0.5) is 0 Å². The molecule has 3 unspecified atom stereocenters. The molecule has 2 aliphatic carbocycles. The van der Waals surface area contributed by atoms with Gasteiger partial charge >= 0.3 is 5.97 Å². The Morgan fingerprint density at radius 1 is 1.33 bits per heavy atom. The first-order valence-electron chi connectivity index (χ1n) is 7.44. The maximum Gasteiger partial charge on any atom is 0.335 e. The summed E-state index contributed by atoms with van der Waals surface area (Å²) in [5.41, 5.74) is 0.717. The number of ether oxygens (including phenoxy) is 1. The van der Waals surface area contributed by atoms with Crippen LogP contribution in [0.5, 0.6) is 5.75 Å². The van der Waals surface area contributed by atoms with Gasteiger partial charge in [-0.1, -0.05) is 36.7 Å². The smallest absolute Gasteiger partial charge is 0.335 e. The van der Waals surface area contributed by atoms with Gasteiger partial charge in [0.1, 0.15) is 11.9 Å². The van der Waals surface area contributed by atoms with Crippen LogP contribution in [-0.4, -0.2) is 17.2 Å². The third-order valence-corrected chi connectivity index (χ3v) is 6.57. The molecule has 2 aliphatic rings. The fourth-order valence-electron chi connectivity index (χ4n) is 4.23. The lowest BCUT2D eigenvalue weighted by Gasteiger charge is -2.38. The molecule has 1 N–H and O–H groups in total. The van der Waals surface area contributed by atoms with Gasteiger partial charge in [-0.25, -0.2) is 4.79 Å². The zero-order valence-corrected chi connectivity index (χ0v) is 14.2. The van der Waals surface area contributed by atoms with Gasteiger partial charge < -0.3 is 9.84 Å². The molecule has 0 amide bonds. The molecule has 0 spiro atoms. The van der Waals surface area contributed by atoms with Crippen LogP contribution in [0.1, 0.15) is 50.4 Å². The molecule has 0 aliphatic heterocycles. The fraction of sp³-hybridized carbons (Fsp3) is 0.588. The van der Waals surface area contributed by atoms with Crippen LogP contribution >= 0.6 is 15.9 Å². The summed E-state index contributed by atoms with van der Waals surface area (Å²) < 4.78 is 6.97. The molecule has 2 fully saturated rings. The quantitative estimate of drug-likeness (QED) is 0.854. The molecule has 0 saturated heterocycles. The molecule has 2 bridgehead atoms. The lowest BCUT2D eigenvalue weighted by molar-refractivity contribution is 0.0300. The molecule has 3 rings (SSSR count). The van der Waals surface area contributed by atoms with Crippen molar-refractivity contribution in [2.24, 2.45) is 16.7 Å². The van der Waals surface area contributed by atoms with E-state index in [0.717, 1.165) is 10.9 Å². The number of rotatable bonds is 3. The zero-order chi connectivity index (χ0) is 15.4. The van der Waals surface area contributed by atoms with Crippen molar-refractivity contribution >= 4 is 21.9 Å². The largest absolute Gasteiger partial charge is 0.490 e. The van der Waals surface area contributed by atoms with Gasteiger partial charge in [-0.2, -0.15) is 0 Å². The van der Waals surface area contributed by atoms with Crippen LogP contribution in [0, 0.1) is 16.7 Å². The van der Waals surface area contributed by atoms with Crippen LogP contribution < -0.4 is 4.74 Å². The summed E-state index contributed by atoms with van der Waals surface area (Å²) in [4.78, 5) is 11.2. The highest BCUT2D eigenvalue weighted by atomic mass is 79.9. The Kier molecular flexibility index (Phi) is 3.36. The van der Waals surface area contributed by atoms with Crippen LogP contribution in [0.25, 0.3) is 0 Å². The molecule has 2 saturated carbocycles. The molecule has 1 aromatic rings. The van der Waals surface area contributed by atoms with E-state index in [1.165, 1.54) is 12.8 Å². The minimum Gasteiger partial charge on any atom is -0.490 e. The minimum atomic E-state index is -0.930. The summed E-state index contributed by atoms with van der Waals surface area (Å²) in [6, 6.07) is 5.08. The zero-order valence-electron chi connectivity index (χ0n) is 12.6. The molecule has 21 heavy (non-hydrogen) atoms. The summed E-state index contributed by atoms with van der Waals surface area (Å²) in [6.45, 7) is 7.01. The number of aromatic carboxylic acids is 1. The number of halogens is 1. The molecule has 4 heteroatoms. The maximum atomic E-state index is 11.2. The van der Waals surface area contributed by atoms with E-state index in [-0.39, 0.29) is 17.1 Å². The average molecular weight is 353 g/mol. The van der Waals surface area contributed by atoms with E-state index in [1.54, 1.807) is 12.1 Å². The van der Waals surface area contributed by atoms with Gasteiger partial charge in [0.15, 0.2) is 0 Å². The van der Waals surface area contributed by atoms with E-state index in [0.29, 0.717) is 17.1 Å². The Bertz CT molecular complexity index is 596. The molecule has 3 nitrogen and oxygen atoms in total. The Morgan fingerprint density at radius 2 is 2.05 bits per heavy atom. The monoisotopic (exact) mass is 352 g/mol. The first-order valence-corrected chi connectivity index (χ1v) is 8.24. The lowest BCUT2D eigenvalue weighted by Crippen LogP contribution is -2.38. The normalized spacial score (nSPS) is 33.1. The highest BCUT2D eigenvalue weighted by molar-refractivity contribution is 9.10. The lowest BCUT2D eigenvalue weighted by atomic mass is 9.70. The third kappa shape index (κ3) is 2.19. The van der Waals surface area contributed by atoms with Crippen molar-refractivity contribution in [1.82, 2.24) is 0 Å². The fourth-order valence-corrected chi connectivity index (χ4v) is 4.70. The first-order chi connectivity index (χ1) is 9.74. The van der Waals surface area contributed by atoms with Crippen molar-refractivity contribution in [3.8, 4) is 5.75 Å². The van der Waals surface area contributed by atoms with Crippen molar-refractivity contribution in [2.75, 3.05) is 0 Å². The van der Waals surface area contributed by atoms with Gasteiger partial charge in [0.25, 0.3) is 0 Å². The molecule has 0 aromatic heterocycles. The van der Waals surface area contributed by atoms with Crippen molar-refractivity contribution < 1.29 is 14.6 Å². The molecule has 3 atom stereocenters. The van der Waals surface area contributed by atoms with Gasteiger partial charge in [-0.05, 0) is 48.8 Å². The number of fused-ring (bicyclic) bond motifs is 2. The molecule has 114 valence electrons. The average Bonchev–Trinajstić information content (AvgIpc) is 2.71. The van der Waals surface area contributed by atoms with E-state index < -0.39 is 5.97 Å². The van der Waals surface area contributed by atoms with Crippen molar-refractivity contribution in [3.05, 3.63) is 28.2 Å². The topological polar surface area (TPSA) is 46.5 Å². The van der Waals surface area contributed by atoms with Crippen LogP contribution in [0.15, 0.2) is 22.7 Å². The van der Waals surface area contributed by atoms with Crippen molar-refractivity contribution in [2.45, 2.75) is 46.1 Å². The van der Waals surface area contributed by atoms with Gasteiger partial charge in [-0.3, -0.25) is 0 Å². The van der Waals surface area contributed by atoms with Gasteiger partial charge in [-0.15, -0.1) is 0 Å². The predicted molar refractivity (Wildman–Crippen MR) is 84.7 cm³/mol. The Morgan fingerprint density at radius 3 is 2.57 bits per heavy atom. The van der Waals surface area contributed by atoms with Gasteiger partial charge in [0.2, 0.25) is 0 Å². The second kappa shape index (κ2) is 4.73. The summed E-state index contributed by atoms with van der Waals surface area (Å²) in [7, 11) is 0. The van der Waals surface area contributed by atoms with Crippen LogP contribution in [0.3, 0.4) is 0 Å². The highest BCUT2D eigenvalue weighted by Crippen LogP contribution is 2.66. The first kappa shape index (κ1) is 14.9. The molecule has 1 aromatic carbocycles. The van der Waals surface area contributed by atoms with E-state index in [9.17, 15) is 4.79 Å². The Balaban J connectivity index is 1.87. The molecular weight excluding hydrogens is 332 g/mol. The molecule has 0 heterocycles. The molecule has 0 radical (unpaired) electrons. The number of carboxylic acids is 1. The van der Waals surface area contributed by atoms with Gasteiger partial charge in [0.05, 0.1) is 5.56 Å². The Hall–Kier alpha value is -1.03. The summed E-state index contributed by atoms with van der Waals surface area (Å²) in [5, 5.41) is 9.16. The van der Waals surface area contributed by atoms with Crippen LogP contribution in [-0.2, 0) is 0 Å². The minimum absolute atomic E-state index is 0.169. The van der Waals surface area contributed by atoms with E-state index in [4.69, 9.17) is 9.84 Å². The number of carboxylic acid groups (broad SMARTS) is 1. The summed E-state index contributed by atoms with van der Waals surface area (Å²) in [5.74, 6) is 0.426. The Labute approximate surface area is 133 Å². The predicted octanol–water partition coefficient (Wildman–Crippen LogP) is 4.74. The van der Waals surface area contributed by atoms with Crippen molar-refractivity contribution in [3.63, 3.8) is 0 Å². The molecular formula is C17H21BrO3.